The Morgan fingerprint density at radius 3 is 2.57 bits per heavy atom. The molecule has 2 nitrogen and oxygen atoms in total. The molecule has 21 heavy (non-hydrogen) atoms. The van der Waals surface area contributed by atoms with Crippen molar-refractivity contribution < 1.29 is 0 Å². The number of nitrogens with one attached hydrogen (secondary N) is 1. The fraction of sp³-hybridized carbons (Fsp3) is 1.00. The Hall–Kier alpha value is -0.0800. The number of hydrogen-bond donors (Lipinski definition) is 1. The van der Waals surface area contributed by atoms with Crippen LogP contribution < -0.4 is 5.32 Å². The van der Waals surface area contributed by atoms with Crippen LogP contribution in [0.1, 0.15) is 72.6 Å². The molecule has 0 spiro atoms. The topological polar surface area (TPSA) is 15.3 Å². The van der Waals surface area contributed by atoms with Crippen molar-refractivity contribution in [1.82, 2.24) is 10.2 Å². The van der Waals surface area contributed by atoms with Gasteiger partial charge >= 0.3 is 0 Å². The SMILES string of the molecule is CCCNCC1(CN(CC(C)C)C2CC2)CCCC(C)C1. The summed E-state index contributed by atoms with van der Waals surface area (Å²) < 4.78 is 0. The maximum atomic E-state index is 3.76. The van der Waals surface area contributed by atoms with E-state index in [0.717, 1.165) is 17.9 Å². The van der Waals surface area contributed by atoms with Gasteiger partial charge < -0.3 is 5.32 Å². The Balaban J connectivity index is 1.98. The van der Waals surface area contributed by atoms with Crippen molar-refractivity contribution in [3.63, 3.8) is 0 Å². The molecule has 0 aromatic rings. The minimum absolute atomic E-state index is 0.546. The first-order valence-corrected chi connectivity index (χ1v) is 9.49. The van der Waals surface area contributed by atoms with Crippen LogP contribution in [0.25, 0.3) is 0 Å². The Kier molecular flexibility index (Phi) is 6.55. The Morgan fingerprint density at radius 2 is 2.00 bits per heavy atom. The largest absolute Gasteiger partial charge is 0.316 e. The first kappa shape index (κ1) is 17.3. The van der Waals surface area contributed by atoms with Gasteiger partial charge in [0.2, 0.25) is 0 Å². The summed E-state index contributed by atoms with van der Waals surface area (Å²) in [5, 5.41) is 3.76. The smallest absolute Gasteiger partial charge is 0.00967 e. The Labute approximate surface area is 133 Å². The third kappa shape index (κ3) is 5.56. The summed E-state index contributed by atoms with van der Waals surface area (Å²) in [5.74, 6) is 1.72. The predicted molar refractivity (Wildman–Crippen MR) is 92.7 cm³/mol. The average Bonchev–Trinajstić information content (AvgIpc) is 3.22. The highest BCUT2D eigenvalue weighted by molar-refractivity contribution is 4.94. The van der Waals surface area contributed by atoms with E-state index in [1.807, 2.05) is 0 Å². The summed E-state index contributed by atoms with van der Waals surface area (Å²) >= 11 is 0. The van der Waals surface area contributed by atoms with Crippen LogP contribution >= 0.6 is 0 Å². The van der Waals surface area contributed by atoms with Crippen molar-refractivity contribution in [2.45, 2.75) is 78.7 Å². The van der Waals surface area contributed by atoms with Gasteiger partial charge in [-0.3, -0.25) is 4.90 Å². The number of nitrogens with zero attached hydrogens (tertiary/aromatic N) is 1. The van der Waals surface area contributed by atoms with Crippen LogP contribution in [0.4, 0.5) is 0 Å². The number of rotatable bonds is 9. The second kappa shape index (κ2) is 7.97. The summed E-state index contributed by atoms with van der Waals surface area (Å²) in [4.78, 5) is 2.84. The molecule has 0 bridgehead atoms. The molecule has 2 unspecified atom stereocenters. The van der Waals surface area contributed by atoms with Crippen molar-refractivity contribution in [1.29, 1.82) is 0 Å². The summed E-state index contributed by atoms with van der Waals surface area (Å²) in [6, 6.07) is 0.910. The van der Waals surface area contributed by atoms with Gasteiger partial charge in [0.15, 0.2) is 0 Å². The van der Waals surface area contributed by atoms with Crippen LogP contribution in [0.5, 0.6) is 0 Å². The van der Waals surface area contributed by atoms with E-state index in [0.29, 0.717) is 5.41 Å². The lowest BCUT2D eigenvalue weighted by Gasteiger charge is -2.44. The lowest BCUT2D eigenvalue weighted by Crippen LogP contribution is -2.48. The molecule has 0 aromatic heterocycles. The van der Waals surface area contributed by atoms with Crippen LogP contribution in [0, 0.1) is 17.3 Å². The van der Waals surface area contributed by atoms with Gasteiger partial charge in [-0.2, -0.15) is 0 Å². The molecule has 2 fully saturated rings. The zero-order chi connectivity index (χ0) is 15.3. The third-order valence-corrected chi connectivity index (χ3v) is 5.31. The summed E-state index contributed by atoms with van der Waals surface area (Å²) in [7, 11) is 0. The van der Waals surface area contributed by atoms with Crippen molar-refractivity contribution in [3.05, 3.63) is 0 Å². The minimum atomic E-state index is 0.546. The first-order valence-electron chi connectivity index (χ1n) is 9.49. The van der Waals surface area contributed by atoms with Gasteiger partial charge in [-0.25, -0.2) is 0 Å². The molecule has 1 N–H and O–H groups in total. The second-order valence-electron chi connectivity index (χ2n) is 8.43. The fourth-order valence-corrected chi connectivity index (χ4v) is 4.34. The van der Waals surface area contributed by atoms with E-state index >= 15 is 0 Å². The highest BCUT2D eigenvalue weighted by Crippen LogP contribution is 2.41. The maximum absolute atomic E-state index is 3.76. The second-order valence-corrected chi connectivity index (χ2v) is 8.43. The number of hydrogen-bond acceptors (Lipinski definition) is 2. The van der Waals surface area contributed by atoms with Crippen molar-refractivity contribution in [2.75, 3.05) is 26.2 Å². The van der Waals surface area contributed by atoms with Crippen molar-refractivity contribution in [3.8, 4) is 0 Å². The van der Waals surface area contributed by atoms with Gasteiger partial charge in [-0.1, -0.05) is 40.5 Å². The zero-order valence-electron chi connectivity index (χ0n) is 15.0. The van der Waals surface area contributed by atoms with Gasteiger partial charge in [-0.05, 0) is 55.9 Å². The van der Waals surface area contributed by atoms with Crippen LogP contribution in [0.2, 0.25) is 0 Å². The van der Waals surface area contributed by atoms with Crippen LogP contribution in [0.15, 0.2) is 0 Å². The van der Waals surface area contributed by atoms with E-state index < -0.39 is 0 Å². The Bertz CT molecular complexity index is 298. The zero-order valence-corrected chi connectivity index (χ0v) is 15.0. The average molecular weight is 295 g/mol. The molecule has 2 rings (SSSR count). The van der Waals surface area contributed by atoms with E-state index in [4.69, 9.17) is 0 Å². The Morgan fingerprint density at radius 1 is 1.24 bits per heavy atom. The highest BCUT2D eigenvalue weighted by Gasteiger charge is 2.39. The van der Waals surface area contributed by atoms with Gasteiger partial charge in [0.25, 0.3) is 0 Å². The van der Waals surface area contributed by atoms with Crippen molar-refractivity contribution in [2.24, 2.45) is 17.3 Å². The molecule has 0 saturated heterocycles. The van der Waals surface area contributed by atoms with E-state index in [-0.39, 0.29) is 0 Å². The molecule has 0 amide bonds. The lowest BCUT2D eigenvalue weighted by molar-refractivity contribution is 0.0700. The summed E-state index contributed by atoms with van der Waals surface area (Å²) in [5.41, 5.74) is 0.546. The van der Waals surface area contributed by atoms with E-state index in [1.165, 1.54) is 71.1 Å². The van der Waals surface area contributed by atoms with E-state index in [9.17, 15) is 0 Å². The lowest BCUT2D eigenvalue weighted by atomic mass is 9.69. The first-order chi connectivity index (χ1) is 10.0. The maximum Gasteiger partial charge on any atom is 0.00967 e. The van der Waals surface area contributed by atoms with Gasteiger partial charge in [0.1, 0.15) is 0 Å². The van der Waals surface area contributed by atoms with Gasteiger partial charge in [0, 0.05) is 25.7 Å². The molecule has 2 aliphatic rings. The molecule has 2 saturated carbocycles. The highest BCUT2D eigenvalue weighted by atomic mass is 15.2. The van der Waals surface area contributed by atoms with Crippen LogP contribution in [-0.4, -0.2) is 37.1 Å². The molecule has 2 heteroatoms. The summed E-state index contributed by atoms with van der Waals surface area (Å²) in [6.45, 7) is 14.6. The molecular formula is C19H38N2. The standard InChI is InChI=1S/C19H38N2/c1-5-11-20-14-19(10-6-7-17(4)12-19)15-21(13-16(2)3)18-8-9-18/h16-18,20H,5-15H2,1-4H3. The minimum Gasteiger partial charge on any atom is -0.316 e. The molecule has 2 atom stereocenters. The fourth-order valence-electron chi connectivity index (χ4n) is 4.34. The molecule has 2 aliphatic carbocycles. The molecule has 0 aromatic carbocycles. The van der Waals surface area contributed by atoms with Gasteiger partial charge in [-0.15, -0.1) is 0 Å². The van der Waals surface area contributed by atoms with E-state index in [1.54, 1.807) is 0 Å². The molecule has 0 aliphatic heterocycles. The monoisotopic (exact) mass is 294 g/mol. The van der Waals surface area contributed by atoms with Crippen LogP contribution in [0.3, 0.4) is 0 Å². The quantitative estimate of drug-likeness (QED) is 0.638. The van der Waals surface area contributed by atoms with E-state index in [2.05, 4.69) is 37.9 Å². The molecular weight excluding hydrogens is 256 g/mol. The predicted octanol–water partition coefficient (Wildman–Crippen LogP) is 4.30. The molecule has 0 radical (unpaired) electrons. The summed E-state index contributed by atoms with van der Waals surface area (Å²) in [6.07, 6.45) is 9.91. The molecule has 0 heterocycles. The van der Waals surface area contributed by atoms with Gasteiger partial charge in [0.05, 0.1) is 0 Å². The third-order valence-electron chi connectivity index (χ3n) is 5.31. The van der Waals surface area contributed by atoms with Crippen molar-refractivity contribution >= 4 is 0 Å². The van der Waals surface area contributed by atoms with Crippen LogP contribution in [-0.2, 0) is 0 Å². The molecule has 124 valence electrons. The normalized spacial score (nSPS) is 30.3.